The van der Waals surface area contributed by atoms with Crippen molar-refractivity contribution in [2.24, 2.45) is 17.8 Å². The van der Waals surface area contributed by atoms with Gasteiger partial charge in [0.2, 0.25) is 0 Å². The first-order valence-corrected chi connectivity index (χ1v) is 10.5. The smallest absolute Gasteiger partial charge is 0.317 e. The predicted molar refractivity (Wildman–Crippen MR) is 98.7 cm³/mol. The van der Waals surface area contributed by atoms with E-state index in [-0.39, 0.29) is 6.54 Å². The third-order valence-corrected chi connectivity index (χ3v) is 6.68. The van der Waals surface area contributed by atoms with Gasteiger partial charge in [0.15, 0.2) is 0 Å². The number of hydrogen-bond acceptors (Lipinski definition) is 4. The molecule has 3 N–H and O–H groups in total. The van der Waals surface area contributed by atoms with Crippen LogP contribution in [0.3, 0.4) is 0 Å². The predicted octanol–water partition coefficient (Wildman–Crippen LogP) is 2.79. The summed E-state index contributed by atoms with van der Waals surface area (Å²) in [6, 6.07) is 0.403. The van der Waals surface area contributed by atoms with Gasteiger partial charge in [-0.1, -0.05) is 0 Å². The fraction of sp³-hybridized carbons (Fsp3) is 0.950. The summed E-state index contributed by atoms with van der Waals surface area (Å²) in [4.78, 5) is 10.7. The second kappa shape index (κ2) is 9.89. The highest BCUT2D eigenvalue weighted by molar-refractivity contribution is 5.69. The number of ether oxygens (including phenoxy) is 1. The molecule has 2 saturated carbocycles. The van der Waals surface area contributed by atoms with Gasteiger partial charge in [-0.05, 0) is 95.1 Å². The van der Waals surface area contributed by atoms with E-state index < -0.39 is 5.97 Å². The summed E-state index contributed by atoms with van der Waals surface area (Å²) in [6.45, 7) is 3.43. The van der Waals surface area contributed by atoms with Gasteiger partial charge < -0.3 is 20.5 Å². The van der Waals surface area contributed by atoms with Crippen LogP contribution in [0.15, 0.2) is 0 Å². The molecule has 5 heteroatoms. The normalized spacial score (nSPS) is 33.8. The minimum Gasteiger partial charge on any atom is -0.480 e. The Morgan fingerprint density at radius 1 is 1.04 bits per heavy atom. The summed E-state index contributed by atoms with van der Waals surface area (Å²) in [5.41, 5.74) is 0. The molecule has 4 unspecified atom stereocenters. The lowest BCUT2D eigenvalue weighted by Gasteiger charge is -2.42. The number of nitrogens with one attached hydrogen (secondary N) is 2. The van der Waals surface area contributed by atoms with E-state index in [1.165, 1.54) is 64.5 Å². The average Bonchev–Trinajstić information content (AvgIpc) is 2.64. The van der Waals surface area contributed by atoms with Crippen molar-refractivity contribution in [2.45, 2.75) is 76.4 Å². The summed E-state index contributed by atoms with van der Waals surface area (Å²) < 4.78 is 6.22. The van der Waals surface area contributed by atoms with Gasteiger partial charge in [0, 0.05) is 12.6 Å². The van der Waals surface area contributed by atoms with Crippen molar-refractivity contribution in [3.05, 3.63) is 0 Å². The van der Waals surface area contributed by atoms with Crippen molar-refractivity contribution < 1.29 is 14.6 Å². The van der Waals surface area contributed by atoms with E-state index >= 15 is 0 Å². The Morgan fingerprint density at radius 3 is 2.60 bits per heavy atom. The summed E-state index contributed by atoms with van der Waals surface area (Å²) in [5.74, 6) is 1.73. The second-order valence-corrected chi connectivity index (χ2v) is 8.45. The molecule has 5 nitrogen and oxygen atoms in total. The lowest BCUT2D eigenvalue weighted by atomic mass is 9.68. The molecular weight excluding hydrogens is 316 g/mol. The quantitative estimate of drug-likeness (QED) is 0.586. The van der Waals surface area contributed by atoms with Crippen molar-refractivity contribution in [1.82, 2.24) is 10.6 Å². The highest BCUT2D eigenvalue weighted by atomic mass is 16.5. The van der Waals surface area contributed by atoms with Crippen molar-refractivity contribution in [2.75, 3.05) is 26.2 Å². The molecule has 0 aromatic rings. The Morgan fingerprint density at radius 2 is 1.80 bits per heavy atom. The zero-order valence-corrected chi connectivity index (χ0v) is 15.5. The van der Waals surface area contributed by atoms with E-state index in [9.17, 15) is 4.79 Å². The molecule has 1 heterocycles. The highest BCUT2D eigenvalue weighted by Gasteiger charge is 2.35. The van der Waals surface area contributed by atoms with E-state index in [1.807, 2.05) is 0 Å². The summed E-state index contributed by atoms with van der Waals surface area (Å²) in [7, 11) is 0. The number of carboxylic acids is 1. The zero-order chi connectivity index (χ0) is 17.5. The first-order valence-electron chi connectivity index (χ1n) is 10.5. The van der Waals surface area contributed by atoms with Crippen molar-refractivity contribution >= 4 is 5.97 Å². The third kappa shape index (κ3) is 6.22. The molecule has 0 aromatic carbocycles. The van der Waals surface area contributed by atoms with Crippen LogP contribution in [0.2, 0.25) is 0 Å². The highest BCUT2D eigenvalue weighted by Crippen LogP contribution is 2.41. The lowest BCUT2D eigenvalue weighted by Crippen LogP contribution is -2.42. The number of piperidine rings is 1. The van der Waals surface area contributed by atoms with Gasteiger partial charge in [0.25, 0.3) is 0 Å². The number of rotatable bonds is 8. The fourth-order valence-electron chi connectivity index (χ4n) is 5.21. The largest absolute Gasteiger partial charge is 0.480 e. The van der Waals surface area contributed by atoms with E-state index in [0.717, 1.165) is 37.2 Å². The molecule has 3 rings (SSSR count). The number of fused-ring (bicyclic) bond motifs is 1. The maximum Gasteiger partial charge on any atom is 0.317 e. The minimum absolute atomic E-state index is 0.102. The molecule has 4 atom stereocenters. The average molecular weight is 353 g/mol. The van der Waals surface area contributed by atoms with E-state index in [0.29, 0.717) is 12.1 Å². The molecular formula is C20H36N2O3. The first-order chi connectivity index (χ1) is 12.2. The Labute approximate surface area is 152 Å². The standard InChI is InChI=1S/C20H36N2O3/c23-20(24)14-22-18-5-3-17-13-19(6-4-16(17)12-18)25-11-1-2-15-7-9-21-10-8-15/h15-19,21-22H,1-14H2,(H,23,24). The molecule has 144 valence electrons. The van der Waals surface area contributed by atoms with Crippen LogP contribution < -0.4 is 10.6 Å². The van der Waals surface area contributed by atoms with Crippen molar-refractivity contribution in [3.63, 3.8) is 0 Å². The number of carbonyl (C=O) groups is 1. The Bertz CT molecular complexity index is 412. The molecule has 0 bridgehead atoms. The van der Waals surface area contributed by atoms with Crippen molar-refractivity contribution in [1.29, 1.82) is 0 Å². The molecule has 1 aliphatic heterocycles. The number of aliphatic carboxylic acids is 1. The minimum atomic E-state index is -0.747. The van der Waals surface area contributed by atoms with E-state index in [4.69, 9.17) is 9.84 Å². The monoisotopic (exact) mass is 352 g/mol. The van der Waals surface area contributed by atoms with Gasteiger partial charge in [0.05, 0.1) is 12.6 Å². The molecule has 0 aromatic heterocycles. The second-order valence-electron chi connectivity index (χ2n) is 8.45. The zero-order valence-electron chi connectivity index (χ0n) is 15.5. The maximum absolute atomic E-state index is 10.7. The lowest BCUT2D eigenvalue weighted by molar-refractivity contribution is -0.136. The van der Waals surface area contributed by atoms with Gasteiger partial charge in [-0.25, -0.2) is 0 Å². The topological polar surface area (TPSA) is 70.6 Å². The molecule has 3 fully saturated rings. The third-order valence-electron chi connectivity index (χ3n) is 6.68. The van der Waals surface area contributed by atoms with Gasteiger partial charge in [0.1, 0.15) is 0 Å². The van der Waals surface area contributed by atoms with Crippen LogP contribution in [0.5, 0.6) is 0 Å². The van der Waals surface area contributed by atoms with Crippen LogP contribution in [-0.4, -0.2) is 49.5 Å². The number of carboxylic acid groups (broad SMARTS) is 1. The van der Waals surface area contributed by atoms with Crippen LogP contribution in [0.25, 0.3) is 0 Å². The fourth-order valence-corrected chi connectivity index (χ4v) is 5.21. The molecule has 3 aliphatic rings. The van der Waals surface area contributed by atoms with Gasteiger partial charge in [-0.3, -0.25) is 4.79 Å². The summed E-state index contributed by atoms with van der Waals surface area (Å²) in [6.07, 6.45) is 12.9. The first kappa shape index (κ1) is 19.1. The van der Waals surface area contributed by atoms with E-state index in [2.05, 4.69) is 10.6 Å². The van der Waals surface area contributed by atoms with Crippen LogP contribution in [0.4, 0.5) is 0 Å². The van der Waals surface area contributed by atoms with Gasteiger partial charge in [-0.2, -0.15) is 0 Å². The molecule has 2 aliphatic carbocycles. The van der Waals surface area contributed by atoms with Crippen LogP contribution >= 0.6 is 0 Å². The van der Waals surface area contributed by atoms with Gasteiger partial charge in [-0.15, -0.1) is 0 Å². The Kier molecular flexibility index (Phi) is 7.56. The number of hydrogen-bond donors (Lipinski definition) is 3. The molecule has 0 amide bonds. The van der Waals surface area contributed by atoms with Gasteiger partial charge >= 0.3 is 5.97 Å². The van der Waals surface area contributed by atoms with Crippen LogP contribution in [0.1, 0.15) is 64.2 Å². The molecule has 0 spiro atoms. The maximum atomic E-state index is 10.7. The summed E-state index contributed by atoms with van der Waals surface area (Å²) in [5, 5.41) is 15.5. The Hall–Kier alpha value is -0.650. The van der Waals surface area contributed by atoms with Crippen LogP contribution in [0, 0.1) is 17.8 Å². The van der Waals surface area contributed by atoms with Crippen molar-refractivity contribution in [3.8, 4) is 0 Å². The summed E-state index contributed by atoms with van der Waals surface area (Å²) >= 11 is 0. The molecule has 1 saturated heterocycles. The van der Waals surface area contributed by atoms with Crippen LogP contribution in [-0.2, 0) is 9.53 Å². The Balaban J connectivity index is 1.29. The molecule has 25 heavy (non-hydrogen) atoms. The van der Waals surface area contributed by atoms with E-state index in [1.54, 1.807) is 0 Å². The SMILES string of the molecule is O=C(O)CNC1CCC2CC(OCCCC3CCNCC3)CCC2C1. The molecule has 0 radical (unpaired) electrons.